The average Bonchev–Trinajstić information content (AvgIpc) is 3.20. The first kappa shape index (κ1) is 16.9. The first-order valence-corrected chi connectivity index (χ1v) is 8.05. The number of nitrogens with zero attached hydrogens (tertiary/aromatic N) is 2. The van der Waals surface area contributed by atoms with Gasteiger partial charge in [-0.3, -0.25) is 0 Å². The number of halogens is 4. The van der Waals surface area contributed by atoms with Crippen molar-refractivity contribution in [2.45, 2.75) is 37.1 Å². The van der Waals surface area contributed by atoms with Crippen LogP contribution in [0.25, 0.3) is 0 Å². The number of benzene rings is 1. The molecule has 2 aromatic rings. The third kappa shape index (κ3) is 1.61. The fraction of sp³-hybridized carbons (Fsp3) is 0.412. The van der Waals surface area contributed by atoms with Gasteiger partial charge in [0, 0.05) is 30.0 Å². The van der Waals surface area contributed by atoms with Gasteiger partial charge in [-0.15, -0.1) is 0 Å². The maximum absolute atomic E-state index is 14.5. The minimum atomic E-state index is -1.88. The van der Waals surface area contributed by atoms with Crippen molar-refractivity contribution >= 4 is 0 Å². The van der Waals surface area contributed by atoms with Crippen LogP contribution in [-0.4, -0.2) is 14.3 Å². The summed E-state index contributed by atoms with van der Waals surface area (Å²) in [6, 6.07) is 0. The van der Waals surface area contributed by atoms with E-state index in [1.54, 1.807) is 6.92 Å². The van der Waals surface area contributed by atoms with E-state index in [2.05, 4.69) is 11.7 Å². The number of hydrogen-bond acceptors (Lipinski definition) is 2. The van der Waals surface area contributed by atoms with Gasteiger partial charge in [0.25, 0.3) is 0 Å². The molecule has 1 N–H and O–H groups in total. The van der Waals surface area contributed by atoms with Gasteiger partial charge in [-0.1, -0.05) is 12.2 Å². The van der Waals surface area contributed by atoms with Gasteiger partial charge in [0.05, 0.1) is 0 Å². The smallest absolute Gasteiger partial charge is 0.246 e. The highest BCUT2D eigenvalue weighted by Gasteiger charge is 2.63. The predicted octanol–water partition coefficient (Wildman–Crippen LogP) is 2.38. The van der Waals surface area contributed by atoms with Crippen LogP contribution in [0, 0.1) is 23.3 Å². The second-order valence-corrected chi connectivity index (χ2v) is 6.97. The van der Waals surface area contributed by atoms with E-state index in [0.29, 0.717) is 18.4 Å². The van der Waals surface area contributed by atoms with Crippen molar-refractivity contribution in [1.29, 1.82) is 0 Å². The van der Waals surface area contributed by atoms with Crippen LogP contribution in [0.4, 0.5) is 17.6 Å². The quantitative estimate of drug-likeness (QED) is 0.382. The Morgan fingerprint density at radius 3 is 1.85 bits per heavy atom. The molecule has 1 saturated carbocycles. The summed E-state index contributed by atoms with van der Waals surface area (Å²) in [5, 5.41) is 2.40. The van der Waals surface area contributed by atoms with Crippen LogP contribution >= 0.6 is 0 Å². The molecule has 26 heavy (non-hydrogen) atoms. The molecule has 2 aliphatic carbocycles. The number of nitrogens with one attached hydrogen (secondary N) is 1. The van der Waals surface area contributed by atoms with Crippen molar-refractivity contribution in [2.24, 2.45) is 7.05 Å². The largest absolute Gasteiger partial charge is 0.347 e. The zero-order valence-electron chi connectivity index (χ0n) is 14.0. The number of fused-ring (bicyclic) bond motifs is 5. The summed E-state index contributed by atoms with van der Waals surface area (Å²) in [4.78, 5) is 24.5. The Morgan fingerprint density at radius 2 is 1.50 bits per heavy atom. The highest BCUT2D eigenvalue weighted by atomic mass is 19.2. The fourth-order valence-electron chi connectivity index (χ4n) is 4.90. The molecule has 2 bridgehead atoms. The Balaban J connectivity index is 2.12. The molecule has 1 unspecified atom stereocenters. The standard InChI is InChI=1S/C17H15F4N3O2/c1-6(2)17(24-16(26)23(3)15(25)22-24)7-4-5-8(17)10-9(7)11(18)13(20)14(21)12(10)19/h7-8H,1,4-5H2,2-3H3,(H,22,25)/t7-,8+,17?. The third-order valence-corrected chi connectivity index (χ3v) is 5.89. The van der Waals surface area contributed by atoms with Crippen LogP contribution in [0.2, 0.25) is 0 Å². The zero-order valence-corrected chi connectivity index (χ0v) is 14.0. The topological polar surface area (TPSA) is 59.8 Å². The lowest BCUT2D eigenvalue weighted by Crippen LogP contribution is -2.45. The van der Waals surface area contributed by atoms with E-state index in [9.17, 15) is 27.2 Å². The van der Waals surface area contributed by atoms with Crippen LogP contribution in [-0.2, 0) is 12.6 Å². The van der Waals surface area contributed by atoms with Crippen LogP contribution in [0.1, 0.15) is 42.7 Å². The minimum absolute atomic E-state index is 0.280. The Labute approximate surface area is 144 Å². The van der Waals surface area contributed by atoms with Gasteiger partial charge >= 0.3 is 11.4 Å². The second kappa shape index (κ2) is 4.99. The SMILES string of the molecule is C=C(C)C1(n2[nH]c(=O)n(C)c2=O)[C@@H]2CC[C@H]1c1c(F)c(F)c(F)c(F)c12. The molecule has 138 valence electrons. The molecule has 1 aromatic heterocycles. The zero-order chi connectivity index (χ0) is 19.1. The van der Waals surface area contributed by atoms with E-state index in [1.165, 1.54) is 7.05 Å². The van der Waals surface area contributed by atoms with Crippen molar-refractivity contribution in [3.8, 4) is 0 Å². The maximum atomic E-state index is 14.5. The first-order chi connectivity index (χ1) is 12.2. The molecule has 0 saturated heterocycles. The Kier molecular flexibility index (Phi) is 3.23. The van der Waals surface area contributed by atoms with Crippen LogP contribution < -0.4 is 11.4 Å². The normalized spacial score (nSPS) is 26.4. The molecule has 0 radical (unpaired) electrons. The fourth-order valence-corrected chi connectivity index (χ4v) is 4.90. The molecule has 4 rings (SSSR count). The van der Waals surface area contributed by atoms with E-state index < -0.39 is 52.0 Å². The van der Waals surface area contributed by atoms with Crippen LogP contribution in [0.3, 0.4) is 0 Å². The van der Waals surface area contributed by atoms with Gasteiger partial charge < -0.3 is 0 Å². The minimum Gasteiger partial charge on any atom is -0.246 e. The Bertz CT molecular complexity index is 1050. The third-order valence-electron chi connectivity index (χ3n) is 5.89. The highest BCUT2D eigenvalue weighted by molar-refractivity contribution is 5.52. The Hall–Kier alpha value is -2.58. The molecule has 0 spiro atoms. The lowest BCUT2D eigenvalue weighted by Gasteiger charge is -2.35. The van der Waals surface area contributed by atoms with Crippen molar-refractivity contribution < 1.29 is 17.6 Å². The summed E-state index contributed by atoms with van der Waals surface area (Å²) >= 11 is 0. The number of rotatable bonds is 2. The van der Waals surface area contributed by atoms with Gasteiger partial charge in [0.15, 0.2) is 23.3 Å². The molecule has 1 aromatic carbocycles. The van der Waals surface area contributed by atoms with E-state index >= 15 is 0 Å². The van der Waals surface area contributed by atoms with Crippen molar-refractivity contribution in [1.82, 2.24) is 14.3 Å². The molecular weight excluding hydrogens is 354 g/mol. The van der Waals surface area contributed by atoms with E-state index in [0.717, 1.165) is 9.25 Å². The molecule has 1 heterocycles. The van der Waals surface area contributed by atoms with Gasteiger partial charge in [-0.05, 0) is 19.8 Å². The van der Waals surface area contributed by atoms with Gasteiger partial charge in [0.2, 0.25) is 0 Å². The summed E-state index contributed by atoms with van der Waals surface area (Å²) in [7, 11) is 1.26. The van der Waals surface area contributed by atoms with Gasteiger partial charge in [0.1, 0.15) is 5.54 Å². The second-order valence-electron chi connectivity index (χ2n) is 6.97. The van der Waals surface area contributed by atoms with Crippen LogP contribution in [0.15, 0.2) is 21.7 Å². The summed E-state index contributed by atoms with van der Waals surface area (Å²) < 4.78 is 58.6. The number of hydrogen-bond donors (Lipinski definition) is 1. The highest BCUT2D eigenvalue weighted by Crippen LogP contribution is 2.66. The lowest BCUT2D eigenvalue weighted by molar-refractivity contribution is 0.265. The van der Waals surface area contributed by atoms with Crippen molar-refractivity contribution in [3.63, 3.8) is 0 Å². The maximum Gasteiger partial charge on any atom is 0.347 e. The van der Waals surface area contributed by atoms with Gasteiger partial charge in [-0.2, -0.15) is 0 Å². The molecule has 0 amide bonds. The summed E-state index contributed by atoms with van der Waals surface area (Å²) in [6.07, 6.45) is 0.630. The molecule has 5 nitrogen and oxygen atoms in total. The number of H-pyrrole nitrogens is 1. The van der Waals surface area contributed by atoms with E-state index in [4.69, 9.17) is 0 Å². The molecular formula is C17H15F4N3O2. The summed E-state index contributed by atoms with van der Waals surface area (Å²) in [5.41, 5.74) is -3.00. The number of aromatic amines is 1. The predicted molar refractivity (Wildman–Crippen MR) is 84.1 cm³/mol. The first-order valence-electron chi connectivity index (χ1n) is 8.05. The summed E-state index contributed by atoms with van der Waals surface area (Å²) in [6.45, 7) is 5.44. The van der Waals surface area contributed by atoms with Gasteiger partial charge in [-0.25, -0.2) is 41.5 Å². The summed E-state index contributed by atoms with van der Waals surface area (Å²) in [5.74, 6) is -8.36. The molecule has 2 aliphatic rings. The van der Waals surface area contributed by atoms with E-state index in [-0.39, 0.29) is 11.1 Å². The number of allylic oxidation sites excluding steroid dienone is 1. The van der Waals surface area contributed by atoms with E-state index in [1.807, 2.05) is 0 Å². The monoisotopic (exact) mass is 369 g/mol. The molecule has 3 atom stereocenters. The van der Waals surface area contributed by atoms with Crippen molar-refractivity contribution in [2.75, 3.05) is 0 Å². The molecule has 0 aliphatic heterocycles. The van der Waals surface area contributed by atoms with Crippen molar-refractivity contribution in [3.05, 3.63) is 67.5 Å². The Morgan fingerprint density at radius 1 is 1.04 bits per heavy atom. The number of aromatic nitrogens is 3. The average molecular weight is 369 g/mol. The van der Waals surface area contributed by atoms with Crippen LogP contribution in [0.5, 0.6) is 0 Å². The molecule has 1 fully saturated rings. The molecule has 9 heteroatoms. The lowest BCUT2D eigenvalue weighted by atomic mass is 9.79.